The Labute approximate surface area is 204 Å². The Balaban J connectivity index is 1.44. The average molecular weight is 465 g/mol. The molecule has 184 valence electrons. The highest BCUT2D eigenvalue weighted by Gasteiger charge is 2.22. The van der Waals surface area contributed by atoms with Gasteiger partial charge in [0.25, 0.3) is 0 Å². The van der Waals surface area contributed by atoms with E-state index >= 15 is 0 Å². The number of anilines is 1. The molecule has 0 unspecified atom stereocenters. The third kappa shape index (κ3) is 6.29. The van der Waals surface area contributed by atoms with Crippen LogP contribution in [-0.4, -0.2) is 61.7 Å². The predicted octanol–water partition coefficient (Wildman–Crippen LogP) is 4.53. The molecule has 1 aromatic heterocycles. The largest absolute Gasteiger partial charge is 0.494 e. The van der Waals surface area contributed by atoms with Crippen LogP contribution in [0, 0.1) is 5.92 Å². The SMILES string of the molecule is CCOc1ccc(-c2ccc(CC(=O)N[C@H](C)C3CCCCC3)nc2)c(N2CCN(C)CC2)c1. The number of aromatic nitrogens is 1. The van der Waals surface area contributed by atoms with Crippen molar-refractivity contribution in [2.24, 2.45) is 5.92 Å². The minimum atomic E-state index is 0.0671. The van der Waals surface area contributed by atoms with Gasteiger partial charge in [-0.05, 0) is 57.9 Å². The Hall–Kier alpha value is -2.60. The number of hydrogen-bond acceptors (Lipinski definition) is 5. The summed E-state index contributed by atoms with van der Waals surface area (Å²) in [5, 5.41) is 3.21. The Morgan fingerprint density at radius 1 is 1.12 bits per heavy atom. The number of rotatable bonds is 8. The highest BCUT2D eigenvalue weighted by Crippen LogP contribution is 2.35. The molecule has 6 heteroatoms. The predicted molar refractivity (Wildman–Crippen MR) is 138 cm³/mol. The van der Waals surface area contributed by atoms with Gasteiger partial charge in [-0.1, -0.05) is 25.3 Å². The summed E-state index contributed by atoms with van der Waals surface area (Å²) >= 11 is 0. The molecule has 1 aromatic carbocycles. The van der Waals surface area contributed by atoms with Crippen molar-refractivity contribution in [3.63, 3.8) is 0 Å². The molecular formula is C28H40N4O2. The highest BCUT2D eigenvalue weighted by atomic mass is 16.5. The number of nitrogens with zero attached hydrogens (tertiary/aromatic N) is 3. The minimum absolute atomic E-state index is 0.0671. The minimum Gasteiger partial charge on any atom is -0.494 e. The Kier molecular flexibility index (Phi) is 8.44. The number of likely N-dealkylation sites (N-methyl/N-ethyl adjacent to an activating group) is 1. The second-order valence-electron chi connectivity index (χ2n) is 9.87. The average Bonchev–Trinajstić information content (AvgIpc) is 2.86. The molecule has 2 aliphatic rings. The lowest BCUT2D eigenvalue weighted by Crippen LogP contribution is -2.44. The first-order valence-electron chi connectivity index (χ1n) is 13.0. The van der Waals surface area contributed by atoms with E-state index in [4.69, 9.17) is 4.74 Å². The summed E-state index contributed by atoms with van der Waals surface area (Å²) in [7, 11) is 2.17. The maximum Gasteiger partial charge on any atom is 0.226 e. The summed E-state index contributed by atoms with van der Waals surface area (Å²) in [6.45, 7) is 8.88. The van der Waals surface area contributed by atoms with Gasteiger partial charge in [0.15, 0.2) is 0 Å². The molecule has 0 spiro atoms. The van der Waals surface area contributed by atoms with E-state index in [0.717, 1.165) is 48.7 Å². The van der Waals surface area contributed by atoms with Gasteiger partial charge < -0.3 is 19.9 Å². The van der Waals surface area contributed by atoms with Crippen molar-refractivity contribution in [1.82, 2.24) is 15.2 Å². The summed E-state index contributed by atoms with van der Waals surface area (Å²) in [4.78, 5) is 22.1. The zero-order valence-corrected chi connectivity index (χ0v) is 21.1. The quantitative estimate of drug-likeness (QED) is 0.622. The number of benzene rings is 1. The van der Waals surface area contributed by atoms with Crippen molar-refractivity contribution >= 4 is 11.6 Å². The Morgan fingerprint density at radius 3 is 2.56 bits per heavy atom. The molecule has 1 amide bonds. The molecule has 2 heterocycles. The third-order valence-electron chi connectivity index (χ3n) is 7.35. The molecule has 1 aliphatic heterocycles. The molecule has 1 saturated heterocycles. The van der Waals surface area contributed by atoms with Gasteiger partial charge in [0.1, 0.15) is 5.75 Å². The third-order valence-corrected chi connectivity index (χ3v) is 7.35. The standard InChI is InChI=1S/C28H40N4O2/c1-4-34-25-12-13-26(27(19-25)32-16-14-31(3)15-17-32)23-10-11-24(29-20-23)18-28(33)30-21(2)22-8-6-5-7-9-22/h10-13,19-22H,4-9,14-18H2,1-3H3,(H,30,33)/t21-/m1/s1. The number of amides is 1. The molecule has 4 rings (SSSR count). The molecule has 6 nitrogen and oxygen atoms in total. The topological polar surface area (TPSA) is 57.7 Å². The van der Waals surface area contributed by atoms with Gasteiger partial charge in [-0.25, -0.2) is 0 Å². The monoisotopic (exact) mass is 464 g/mol. The second kappa shape index (κ2) is 11.7. The van der Waals surface area contributed by atoms with Crippen LogP contribution in [0.2, 0.25) is 0 Å². The van der Waals surface area contributed by atoms with Crippen LogP contribution in [0.15, 0.2) is 36.5 Å². The Bertz CT molecular complexity index is 932. The van der Waals surface area contributed by atoms with Crippen LogP contribution in [0.5, 0.6) is 5.75 Å². The van der Waals surface area contributed by atoms with Gasteiger partial charge in [-0.3, -0.25) is 9.78 Å². The smallest absolute Gasteiger partial charge is 0.226 e. The van der Waals surface area contributed by atoms with Crippen LogP contribution < -0.4 is 15.0 Å². The normalized spacial score (nSPS) is 18.5. The summed E-state index contributed by atoms with van der Waals surface area (Å²) in [5.41, 5.74) is 4.22. The molecule has 0 bridgehead atoms. The number of hydrogen-bond donors (Lipinski definition) is 1. The first kappa shape index (κ1) is 24.5. The molecule has 0 radical (unpaired) electrons. The number of ether oxygens (including phenoxy) is 1. The maximum atomic E-state index is 12.6. The fraction of sp³-hybridized carbons (Fsp3) is 0.571. The van der Waals surface area contributed by atoms with Crippen molar-refractivity contribution < 1.29 is 9.53 Å². The Morgan fingerprint density at radius 2 is 1.88 bits per heavy atom. The molecule has 2 aromatic rings. The van der Waals surface area contributed by atoms with Crippen LogP contribution >= 0.6 is 0 Å². The van der Waals surface area contributed by atoms with E-state index in [1.807, 2.05) is 25.3 Å². The molecule has 1 aliphatic carbocycles. The first-order chi connectivity index (χ1) is 16.5. The van der Waals surface area contributed by atoms with Crippen LogP contribution in [0.1, 0.15) is 51.6 Å². The lowest BCUT2D eigenvalue weighted by Gasteiger charge is -2.35. The number of carbonyl (C=O) groups is 1. The summed E-state index contributed by atoms with van der Waals surface area (Å²) in [6, 6.07) is 10.6. The zero-order valence-electron chi connectivity index (χ0n) is 21.1. The summed E-state index contributed by atoms with van der Waals surface area (Å²) in [5.74, 6) is 1.58. The lowest BCUT2D eigenvalue weighted by atomic mass is 9.84. The van der Waals surface area contributed by atoms with Crippen LogP contribution in [0.25, 0.3) is 11.1 Å². The molecule has 2 fully saturated rings. The van der Waals surface area contributed by atoms with Gasteiger partial charge in [0, 0.05) is 67.0 Å². The molecule has 1 saturated carbocycles. The number of piperazine rings is 1. The second-order valence-corrected chi connectivity index (χ2v) is 9.87. The van der Waals surface area contributed by atoms with E-state index in [9.17, 15) is 4.79 Å². The van der Waals surface area contributed by atoms with Gasteiger partial charge >= 0.3 is 0 Å². The molecule has 34 heavy (non-hydrogen) atoms. The van der Waals surface area contributed by atoms with Crippen molar-refractivity contribution in [2.45, 2.75) is 58.4 Å². The van der Waals surface area contributed by atoms with Gasteiger partial charge in [-0.2, -0.15) is 0 Å². The molecule has 1 atom stereocenters. The van der Waals surface area contributed by atoms with Crippen LogP contribution in [0.4, 0.5) is 5.69 Å². The van der Waals surface area contributed by atoms with Gasteiger partial charge in [0.2, 0.25) is 5.91 Å². The van der Waals surface area contributed by atoms with Crippen molar-refractivity contribution in [3.8, 4) is 16.9 Å². The maximum absolute atomic E-state index is 12.6. The fourth-order valence-electron chi connectivity index (χ4n) is 5.23. The highest BCUT2D eigenvalue weighted by molar-refractivity contribution is 5.81. The summed E-state index contributed by atoms with van der Waals surface area (Å²) in [6.07, 6.45) is 8.59. The van der Waals surface area contributed by atoms with E-state index in [-0.39, 0.29) is 11.9 Å². The van der Waals surface area contributed by atoms with Crippen molar-refractivity contribution in [3.05, 3.63) is 42.2 Å². The number of pyridine rings is 1. The van der Waals surface area contributed by atoms with E-state index < -0.39 is 0 Å². The lowest BCUT2D eigenvalue weighted by molar-refractivity contribution is -0.121. The molecule has 1 N–H and O–H groups in total. The van der Waals surface area contributed by atoms with Gasteiger partial charge in [-0.15, -0.1) is 0 Å². The molecular weight excluding hydrogens is 424 g/mol. The van der Waals surface area contributed by atoms with Crippen molar-refractivity contribution in [1.29, 1.82) is 0 Å². The van der Waals surface area contributed by atoms with Crippen LogP contribution in [-0.2, 0) is 11.2 Å². The van der Waals surface area contributed by atoms with E-state index in [1.54, 1.807) is 0 Å². The van der Waals surface area contributed by atoms with E-state index in [2.05, 4.69) is 52.3 Å². The summed E-state index contributed by atoms with van der Waals surface area (Å²) < 4.78 is 5.79. The van der Waals surface area contributed by atoms with Crippen LogP contribution in [0.3, 0.4) is 0 Å². The first-order valence-corrected chi connectivity index (χ1v) is 13.0. The van der Waals surface area contributed by atoms with Gasteiger partial charge in [0.05, 0.1) is 13.0 Å². The van der Waals surface area contributed by atoms with E-state index in [1.165, 1.54) is 37.8 Å². The number of carbonyl (C=O) groups excluding carboxylic acids is 1. The zero-order chi connectivity index (χ0) is 23.9. The van der Waals surface area contributed by atoms with E-state index in [0.29, 0.717) is 18.9 Å². The fourth-order valence-corrected chi connectivity index (χ4v) is 5.23. The number of nitrogens with one attached hydrogen (secondary N) is 1. The van der Waals surface area contributed by atoms with Crippen molar-refractivity contribution in [2.75, 3.05) is 44.7 Å².